The molecule has 1 aromatic rings. The first-order valence-corrected chi connectivity index (χ1v) is 12.1. The van der Waals surface area contributed by atoms with Crippen LogP contribution >= 0.6 is 11.8 Å². The van der Waals surface area contributed by atoms with Crippen LogP contribution in [-0.2, 0) is 9.59 Å². The van der Waals surface area contributed by atoms with E-state index in [9.17, 15) is 14.4 Å². The second kappa shape index (κ2) is 9.23. The third-order valence-electron chi connectivity index (χ3n) is 6.36. The van der Waals surface area contributed by atoms with Crippen LogP contribution in [0.4, 0.5) is 0 Å². The summed E-state index contributed by atoms with van der Waals surface area (Å²) in [5.74, 6) is -0.0411. The minimum atomic E-state index is -0.641. The van der Waals surface area contributed by atoms with Gasteiger partial charge in [-0.1, -0.05) is 52.3 Å². The summed E-state index contributed by atoms with van der Waals surface area (Å²) in [7, 11) is 0. The average Bonchev–Trinajstić information content (AvgIpc) is 3.14. The van der Waals surface area contributed by atoms with Crippen molar-refractivity contribution < 1.29 is 14.4 Å². The highest BCUT2D eigenvalue weighted by Gasteiger charge is 2.57. The van der Waals surface area contributed by atoms with Crippen LogP contribution in [0.25, 0.3) is 0 Å². The van der Waals surface area contributed by atoms with Crippen molar-refractivity contribution in [2.75, 3.05) is 6.54 Å². The Morgan fingerprint density at radius 1 is 1.19 bits per heavy atom. The Balaban J connectivity index is 1.80. The zero-order valence-corrected chi connectivity index (χ0v) is 20.2. The predicted molar refractivity (Wildman–Crippen MR) is 125 cm³/mol. The molecule has 7 heteroatoms. The van der Waals surface area contributed by atoms with Gasteiger partial charge in [0.2, 0.25) is 11.8 Å². The number of benzene rings is 1. The molecule has 0 bridgehead atoms. The quantitative estimate of drug-likeness (QED) is 0.639. The maximum atomic E-state index is 13.5. The zero-order chi connectivity index (χ0) is 22.9. The Morgan fingerprint density at radius 3 is 2.52 bits per heavy atom. The van der Waals surface area contributed by atoms with Crippen LogP contribution in [0.3, 0.4) is 0 Å². The molecule has 0 aromatic heterocycles. The van der Waals surface area contributed by atoms with Crippen molar-refractivity contribution in [1.82, 2.24) is 15.5 Å². The Labute approximate surface area is 189 Å². The van der Waals surface area contributed by atoms with Crippen molar-refractivity contribution in [1.29, 1.82) is 0 Å². The first-order valence-electron chi connectivity index (χ1n) is 11.3. The van der Waals surface area contributed by atoms with Crippen molar-refractivity contribution in [2.45, 2.75) is 76.6 Å². The molecule has 0 unspecified atom stereocenters. The summed E-state index contributed by atoms with van der Waals surface area (Å²) in [6, 6.07) is 6.30. The van der Waals surface area contributed by atoms with E-state index in [2.05, 4.69) is 24.5 Å². The Bertz CT molecular complexity index is 854. The summed E-state index contributed by atoms with van der Waals surface area (Å²) in [6.07, 6.45) is 1.66. The van der Waals surface area contributed by atoms with E-state index in [1.165, 1.54) is 0 Å². The van der Waals surface area contributed by atoms with Gasteiger partial charge in [-0.15, -0.1) is 11.8 Å². The molecule has 0 saturated carbocycles. The van der Waals surface area contributed by atoms with Gasteiger partial charge in [-0.05, 0) is 43.7 Å². The van der Waals surface area contributed by atoms with Crippen molar-refractivity contribution in [3.8, 4) is 0 Å². The molecule has 0 radical (unpaired) electrons. The molecule has 3 amide bonds. The number of thioether (sulfide) groups is 1. The van der Waals surface area contributed by atoms with Crippen molar-refractivity contribution in [3.63, 3.8) is 0 Å². The average molecular weight is 446 g/mol. The molecule has 31 heavy (non-hydrogen) atoms. The number of hydrogen-bond acceptors (Lipinski definition) is 4. The first kappa shape index (κ1) is 23.6. The lowest BCUT2D eigenvalue weighted by atomic mass is 9.95. The number of fused-ring (bicyclic) bond motifs is 3. The van der Waals surface area contributed by atoms with Crippen LogP contribution in [0, 0.1) is 11.8 Å². The lowest BCUT2D eigenvalue weighted by Crippen LogP contribution is -2.58. The molecule has 3 rings (SSSR count). The maximum absolute atomic E-state index is 13.5. The number of nitrogens with zero attached hydrogens (tertiary/aromatic N) is 1. The highest BCUT2D eigenvalue weighted by atomic mass is 32.2. The van der Waals surface area contributed by atoms with Crippen molar-refractivity contribution in [2.24, 2.45) is 11.8 Å². The fourth-order valence-electron chi connectivity index (χ4n) is 4.33. The summed E-state index contributed by atoms with van der Waals surface area (Å²) >= 11 is 1.63. The van der Waals surface area contributed by atoms with Gasteiger partial charge in [0.05, 0.1) is 0 Å². The first-order chi connectivity index (χ1) is 14.6. The van der Waals surface area contributed by atoms with E-state index in [1.54, 1.807) is 16.7 Å². The molecule has 6 nitrogen and oxygen atoms in total. The van der Waals surface area contributed by atoms with Crippen LogP contribution < -0.4 is 10.6 Å². The standard InChI is InChI=1S/C24H35N3O3S/c1-7-15(4)18(20(28)25-13-12-14(2)3)26-21(29)19-24(5,6)31-23-17-11-9-8-10-16(17)22(30)27(19)23/h8-11,14-15,18-19,23H,7,12-13H2,1-6H3,(H,25,28)(H,26,29)/t15-,18+,19+,23-/m1/s1. The summed E-state index contributed by atoms with van der Waals surface area (Å²) in [5.41, 5.74) is 1.63. The van der Waals surface area contributed by atoms with E-state index in [0.717, 1.165) is 18.4 Å². The number of carbonyl (C=O) groups is 3. The monoisotopic (exact) mass is 445 g/mol. The third kappa shape index (κ3) is 4.61. The number of carbonyl (C=O) groups excluding carboxylic acids is 3. The Morgan fingerprint density at radius 2 is 1.87 bits per heavy atom. The van der Waals surface area contributed by atoms with Crippen LogP contribution in [0.15, 0.2) is 24.3 Å². The van der Waals surface area contributed by atoms with E-state index in [0.29, 0.717) is 18.0 Å². The van der Waals surface area contributed by atoms with Gasteiger partial charge in [0.15, 0.2) is 0 Å². The highest BCUT2D eigenvalue weighted by molar-refractivity contribution is 8.01. The van der Waals surface area contributed by atoms with Gasteiger partial charge in [0.1, 0.15) is 17.5 Å². The lowest BCUT2D eigenvalue weighted by molar-refractivity contribution is -0.133. The molecule has 0 aliphatic carbocycles. The fourth-order valence-corrected chi connectivity index (χ4v) is 5.92. The van der Waals surface area contributed by atoms with E-state index in [-0.39, 0.29) is 29.0 Å². The van der Waals surface area contributed by atoms with Gasteiger partial charge in [-0.3, -0.25) is 14.4 Å². The highest BCUT2D eigenvalue weighted by Crippen LogP contribution is 2.56. The Kier molecular flexibility index (Phi) is 7.04. The molecular weight excluding hydrogens is 410 g/mol. The smallest absolute Gasteiger partial charge is 0.256 e. The molecule has 1 aromatic carbocycles. The van der Waals surface area contributed by atoms with Crippen molar-refractivity contribution >= 4 is 29.5 Å². The zero-order valence-electron chi connectivity index (χ0n) is 19.4. The second-order valence-electron chi connectivity index (χ2n) is 9.62. The summed E-state index contributed by atoms with van der Waals surface area (Å²) in [5, 5.41) is 5.81. The van der Waals surface area contributed by atoms with Gasteiger partial charge in [-0.2, -0.15) is 0 Å². The number of amides is 3. The maximum Gasteiger partial charge on any atom is 0.256 e. The van der Waals surface area contributed by atoms with Gasteiger partial charge < -0.3 is 15.5 Å². The van der Waals surface area contributed by atoms with E-state index < -0.39 is 16.8 Å². The van der Waals surface area contributed by atoms with Crippen LogP contribution in [0.2, 0.25) is 0 Å². The SMILES string of the molecule is CC[C@@H](C)[C@H](NC(=O)[C@@H]1N2C(=O)c3ccccc3[C@H]2SC1(C)C)C(=O)NCCC(C)C. The fraction of sp³-hybridized carbons (Fsp3) is 0.625. The normalized spacial score (nSPS) is 23.3. The summed E-state index contributed by atoms with van der Waals surface area (Å²) in [6.45, 7) is 12.8. The third-order valence-corrected chi connectivity index (χ3v) is 7.89. The van der Waals surface area contributed by atoms with Crippen LogP contribution in [0.5, 0.6) is 0 Å². The molecule has 4 atom stereocenters. The van der Waals surface area contributed by atoms with Gasteiger partial charge in [0, 0.05) is 16.9 Å². The minimum absolute atomic E-state index is 0.0116. The van der Waals surface area contributed by atoms with Crippen molar-refractivity contribution in [3.05, 3.63) is 35.4 Å². The Hall–Kier alpha value is -2.02. The van der Waals surface area contributed by atoms with Crippen LogP contribution in [0.1, 0.15) is 75.7 Å². The van der Waals surface area contributed by atoms with Gasteiger partial charge >= 0.3 is 0 Å². The van der Waals surface area contributed by atoms with E-state index >= 15 is 0 Å². The largest absolute Gasteiger partial charge is 0.354 e. The molecule has 0 spiro atoms. The summed E-state index contributed by atoms with van der Waals surface area (Å²) in [4.78, 5) is 41.3. The molecule has 2 aliphatic heterocycles. The van der Waals surface area contributed by atoms with E-state index in [1.807, 2.05) is 52.0 Å². The van der Waals surface area contributed by atoms with Gasteiger partial charge in [0.25, 0.3) is 5.91 Å². The molecule has 170 valence electrons. The molecule has 1 saturated heterocycles. The number of rotatable bonds is 8. The topological polar surface area (TPSA) is 78.5 Å². The second-order valence-corrected chi connectivity index (χ2v) is 11.4. The predicted octanol–water partition coefficient (Wildman–Crippen LogP) is 3.73. The number of hydrogen-bond donors (Lipinski definition) is 2. The molecule has 1 fully saturated rings. The van der Waals surface area contributed by atoms with E-state index in [4.69, 9.17) is 0 Å². The van der Waals surface area contributed by atoms with Crippen LogP contribution in [-0.4, -0.2) is 46.0 Å². The molecule has 2 aliphatic rings. The molecular formula is C24H35N3O3S. The lowest BCUT2D eigenvalue weighted by Gasteiger charge is -2.32. The summed E-state index contributed by atoms with van der Waals surface area (Å²) < 4.78 is -0.466. The number of nitrogens with one attached hydrogen (secondary N) is 2. The van der Waals surface area contributed by atoms with Gasteiger partial charge in [-0.25, -0.2) is 0 Å². The molecule has 2 N–H and O–H groups in total. The minimum Gasteiger partial charge on any atom is -0.354 e. The molecule has 2 heterocycles.